The molecular formula is C24H24Si2. The van der Waals surface area contributed by atoms with Crippen LogP contribution in [0.5, 0.6) is 0 Å². The molecule has 4 aromatic rings. The van der Waals surface area contributed by atoms with Gasteiger partial charge in [-0.3, -0.25) is 0 Å². The molecule has 0 aromatic heterocycles. The van der Waals surface area contributed by atoms with E-state index in [1.165, 1.54) is 52.9 Å². The summed E-state index contributed by atoms with van der Waals surface area (Å²) < 4.78 is 0. The van der Waals surface area contributed by atoms with E-state index in [1.807, 2.05) is 0 Å². The van der Waals surface area contributed by atoms with Crippen molar-refractivity contribution in [3.8, 4) is 33.4 Å². The third-order valence-electron chi connectivity index (χ3n) is 4.31. The summed E-state index contributed by atoms with van der Waals surface area (Å²) in [5.41, 5.74) is 7.56. The quantitative estimate of drug-likeness (QED) is 0.473. The predicted octanol–water partition coefficient (Wildman–Crippen LogP) is 4.32. The van der Waals surface area contributed by atoms with Crippen LogP contribution in [-0.4, -0.2) is 19.5 Å². The van der Waals surface area contributed by atoms with Gasteiger partial charge in [-0.05, 0) is 52.9 Å². The van der Waals surface area contributed by atoms with E-state index in [-0.39, 0.29) is 0 Å². The van der Waals surface area contributed by atoms with Crippen molar-refractivity contribution in [2.24, 2.45) is 0 Å². The molecule has 0 aliphatic rings. The number of benzene rings is 4. The first-order chi connectivity index (χ1) is 12.9. The Morgan fingerprint density at radius 3 is 0.923 bits per heavy atom. The van der Waals surface area contributed by atoms with Crippen molar-refractivity contribution in [2.45, 2.75) is 0 Å². The van der Waals surface area contributed by atoms with Gasteiger partial charge in [-0.25, -0.2) is 0 Å². The van der Waals surface area contributed by atoms with Crippen molar-refractivity contribution in [1.29, 1.82) is 0 Å². The molecular weight excluding hydrogens is 344 g/mol. The molecule has 4 aromatic carbocycles. The van der Waals surface area contributed by atoms with E-state index in [0.717, 1.165) is 0 Å². The van der Waals surface area contributed by atoms with Crippen LogP contribution in [0.25, 0.3) is 33.4 Å². The second kappa shape index (κ2) is 9.13. The van der Waals surface area contributed by atoms with Crippen LogP contribution in [0.1, 0.15) is 0 Å². The molecule has 0 saturated heterocycles. The van der Waals surface area contributed by atoms with Crippen molar-refractivity contribution in [3.05, 3.63) is 109 Å². The fourth-order valence-electron chi connectivity index (χ4n) is 3.17. The molecule has 0 spiro atoms. The maximum absolute atomic E-state index is 2.21. The highest BCUT2D eigenvalue weighted by Gasteiger charge is 2.11. The highest BCUT2D eigenvalue weighted by molar-refractivity contribution is 6.75. The molecule has 26 heavy (non-hydrogen) atoms. The number of rotatable bonds is 3. The summed E-state index contributed by atoms with van der Waals surface area (Å²) in [4.78, 5) is 0. The summed E-state index contributed by atoms with van der Waals surface area (Å²) in [6.07, 6.45) is 0. The van der Waals surface area contributed by atoms with Gasteiger partial charge in [-0.1, -0.05) is 109 Å². The minimum Gasteiger partial charge on any atom is -0.0622 e. The molecule has 0 bridgehead atoms. The number of hydrogen-bond acceptors (Lipinski definition) is 0. The second-order valence-electron chi connectivity index (χ2n) is 5.82. The highest BCUT2D eigenvalue weighted by Crippen LogP contribution is 2.37. The molecule has 0 radical (unpaired) electrons. The van der Waals surface area contributed by atoms with Gasteiger partial charge in [0.1, 0.15) is 0 Å². The van der Waals surface area contributed by atoms with Gasteiger partial charge in [-0.15, -0.1) is 0 Å². The van der Waals surface area contributed by atoms with Gasteiger partial charge in [0, 0.05) is 0 Å². The molecule has 0 saturated carbocycles. The minimum atomic E-state index is 1.25. The fraction of sp³-hybridized carbons (Fsp3) is 0. The summed E-state index contributed by atoms with van der Waals surface area (Å²) in [6.45, 7) is 0. The maximum Gasteiger partial charge on any atom is -0.00992 e. The first-order valence-corrected chi connectivity index (χ1v) is 17.2. The summed E-state index contributed by atoms with van der Waals surface area (Å²) in [7, 11) is 2.89. The van der Waals surface area contributed by atoms with Crippen molar-refractivity contribution in [2.75, 3.05) is 0 Å². The summed E-state index contributed by atoms with van der Waals surface area (Å²) in [5.74, 6) is 0. The first kappa shape index (κ1) is 18.1. The minimum absolute atomic E-state index is 1.25. The molecule has 4 rings (SSSR count). The Kier molecular flexibility index (Phi) is 6.36. The van der Waals surface area contributed by atoms with Crippen LogP contribution in [-0.2, 0) is 0 Å². The van der Waals surface area contributed by atoms with Crippen LogP contribution in [0.2, 0.25) is 0 Å². The Morgan fingerprint density at radius 1 is 0.308 bits per heavy atom. The second-order valence-corrected chi connectivity index (χ2v) is 5.82. The molecule has 2 heteroatoms. The van der Waals surface area contributed by atoms with Crippen LogP contribution >= 0.6 is 0 Å². The average molecular weight is 369 g/mol. The molecule has 0 amide bonds. The molecule has 128 valence electrons. The SMILES string of the molecule is [SiH3][SiH3].c1ccc(-c2ccccc2-c2ccccc2-c2ccccc2)cc1. The molecule has 0 fully saturated rings. The standard InChI is InChI=1S/C24H18.H6Si2/c1-3-11-19(12-4-1)21-15-7-9-17-23(21)24-18-10-8-16-22(24)20-13-5-2-6-14-20;1-2/h1-18H;1-2H3. The van der Waals surface area contributed by atoms with E-state index in [1.54, 1.807) is 0 Å². The van der Waals surface area contributed by atoms with Gasteiger partial charge < -0.3 is 0 Å². The Hall–Kier alpha value is -2.69. The maximum atomic E-state index is 2.21. The molecule has 0 nitrogen and oxygen atoms in total. The zero-order chi connectivity index (χ0) is 18.2. The Labute approximate surface area is 162 Å². The zero-order valence-corrected chi connectivity index (χ0v) is 19.4. The van der Waals surface area contributed by atoms with Gasteiger partial charge in [0.2, 0.25) is 0 Å². The third kappa shape index (κ3) is 3.93. The highest BCUT2D eigenvalue weighted by atomic mass is 29.1. The lowest BCUT2D eigenvalue weighted by Gasteiger charge is -2.14. The molecule has 0 aliphatic carbocycles. The molecule has 0 aliphatic heterocycles. The Bertz CT molecular complexity index is 867. The van der Waals surface area contributed by atoms with E-state index < -0.39 is 0 Å². The van der Waals surface area contributed by atoms with Gasteiger partial charge in [0.25, 0.3) is 0 Å². The Balaban J connectivity index is 0.000000948. The van der Waals surface area contributed by atoms with E-state index in [2.05, 4.69) is 109 Å². The lowest BCUT2D eigenvalue weighted by Crippen LogP contribution is -1.88. The van der Waals surface area contributed by atoms with Crippen LogP contribution in [0, 0.1) is 0 Å². The normalized spacial score (nSPS) is 10.2. The van der Waals surface area contributed by atoms with E-state index in [0.29, 0.717) is 0 Å². The topological polar surface area (TPSA) is 0 Å². The Morgan fingerprint density at radius 2 is 0.577 bits per heavy atom. The third-order valence-corrected chi connectivity index (χ3v) is 4.31. The van der Waals surface area contributed by atoms with E-state index in [9.17, 15) is 0 Å². The zero-order valence-electron chi connectivity index (χ0n) is 15.4. The van der Waals surface area contributed by atoms with Crippen molar-refractivity contribution < 1.29 is 0 Å². The number of hydrogen-bond donors (Lipinski definition) is 0. The average Bonchev–Trinajstić information content (AvgIpc) is 2.76. The van der Waals surface area contributed by atoms with E-state index in [4.69, 9.17) is 0 Å². The molecule has 0 atom stereocenters. The summed E-state index contributed by atoms with van der Waals surface area (Å²) in [5, 5.41) is 0. The fourth-order valence-corrected chi connectivity index (χ4v) is 3.17. The lowest BCUT2D eigenvalue weighted by atomic mass is 9.89. The smallest absolute Gasteiger partial charge is 0.00992 e. The largest absolute Gasteiger partial charge is 0.0622 e. The van der Waals surface area contributed by atoms with Crippen LogP contribution < -0.4 is 0 Å². The molecule has 0 unspecified atom stereocenters. The summed E-state index contributed by atoms with van der Waals surface area (Å²) in [6, 6.07) is 38.4. The van der Waals surface area contributed by atoms with Gasteiger partial charge >= 0.3 is 0 Å². The van der Waals surface area contributed by atoms with Crippen molar-refractivity contribution >= 4 is 19.5 Å². The first-order valence-electron chi connectivity index (χ1n) is 9.23. The predicted molar refractivity (Wildman–Crippen MR) is 123 cm³/mol. The van der Waals surface area contributed by atoms with Crippen LogP contribution in [0.15, 0.2) is 109 Å². The summed E-state index contributed by atoms with van der Waals surface area (Å²) >= 11 is 0. The van der Waals surface area contributed by atoms with Crippen molar-refractivity contribution in [3.63, 3.8) is 0 Å². The lowest BCUT2D eigenvalue weighted by molar-refractivity contribution is 1.56. The van der Waals surface area contributed by atoms with Gasteiger partial charge in [0.15, 0.2) is 0 Å². The molecule has 0 heterocycles. The van der Waals surface area contributed by atoms with Crippen molar-refractivity contribution in [1.82, 2.24) is 0 Å². The van der Waals surface area contributed by atoms with E-state index >= 15 is 0 Å². The van der Waals surface area contributed by atoms with Crippen LogP contribution in [0.3, 0.4) is 0 Å². The van der Waals surface area contributed by atoms with Crippen LogP contribution in [0.4, 0.5) is 0 Å². The molecule has 0 N–H and O–H groups in total. The van der Waals surface area contributed by atoms with Gasteiger partial charge in [0.05, 0.1) is 0 Å². The monoisotopic (exact) mass is 368 g/mol. The van der Waals surface area contributed by atoms with Gasteiger partial charge in [-0.2, -0.15) is 0 Å².